The van der Waals surface area contributed by atoms with Crippen LogP contribution in [-0.4, -0.2) is 31.2 Å². The van der Waals surface area contributed by atoms with Gasteiger partial charge in [0.1, 0.15) is 5.82 Å². The second kappa shape index (κ2) is 5.23. The lowest BCUT2D eigenvalue weighted by atomic mass is 10.2. The Morgan fingerprint density at radius 1 is 1.33 bits per heavy atom. The predicted octanol–water partition coefficient (Wildman–Crippen LogP) is 2.26. The van der Waals surface area contributed by atoms with Crippen molar-refractivity contribution >= 4 is 22.6 Å². The van der Waals surface area contributed by atoms with Crippen molar-refractivity contribution in [2.75, 3.05) is 26.3 Å². The van der Waals surface area contributed by atoms with Crippen LogP contribution in [0.2, 0.25) is 0 Å². The standard InChI is InChI=1S/C11H13FINO/c12-11-2-1-10(13)7-9(11)8-14-3-5-15-6-4-14/h1-2,7H,3-6,8H2. The van der Waals surface area contributed by atoms with Crippen LogP contribution in [0.15, 0.2) is 18.2 Å². The minimum Gasteiger partial charge on any atom is -0.379 e. The molecule has 0 amide bonds. The van der Waals surface area contributed by atoms with Crippen molar-refractivity contribution in [3.8, 4) is 0 Å². The van der Waals surface area contributed by atoms with Crippen molar-refractivity contribution in [1.82, 2.24) is 4.90 Å². The fraction of sp³-hybridized carbons (Fsp3) is 0.455. The molecule has 0 N–H and O–H groups in total. The Morgan fingerprint density at radius 3 is 2.80 bits per heavy atom. The van der Waals surface area contributed by atoms with Gasteiger partial charge in [-0.2, -0.15) is 0 Å². The third-order valence-electron chi connectivity index (χ3n) is 2.51. The highest BCUT2D eigenvalue weighted by Crippen LogP contribution is 2.15. The first-order valence-corrected chi connectivity index (χ1v) is 6.07. The van der Waals surface area contributed by atoms with Crippen LogP contribution in [0.25, 0.3) is 0 Å². The van der Waals surface area contributed by atoms with Gasteiger partial charge in [0, 0.05) is 28.8 Å². The molecule has 1 saturated heterocycles. The van der Waals surface area contributed by atoms with Crippen LogP contribution in [0.4, 0.5) is 4.39 Å². The summed E-state index contributed by atoms with van der Waals surface area (Å²) in [6.07, 6.45) is 0. The third kappa shape index (κ3) is 3.12. The summed E-state index contributed by atoms with van der Waals surface area (Å²) in [5, 5.41) is 0. The summed E-state index contributed by atoms with van der Waals surface area (Å²) in [6.45, 7) is 3.99. The average molecular weight is 321 g/mol. The summed E-state index contributed by atoms with van der Waals surface area (Å²) in [4.78, 5) is 2.22. The molecule has 1 aromatic rings. The van der Waals surface area contributed by atoms with E-state index < -0.39 is 0 Å². The van der Waals surface area contributed by atoms with Gasteiger partial charge in [-0.15, -0.1) is 0 Å². The monoisotopic (exact) mass is 321 g/mol. The molecule has 0 radical (unpaired) electrons. The van der Waals surface area contributed by atoms with E-state index in [9.17, 15) is 4.39 Å². The van der Waals surface area contributed by atoms with Gasteiger partial charge in [-0.1, -0.05) is 0 Å². The first-order valence-electron chi connectivity index (χ1n) is 5.00. The van der Waals surface area contributed by atoms with E-state index >= 15 is 0 Å². The van der Waals surface area contributed by atoms with Crippen molar-refractivity contribution in [2.45, 2.75) is 6.54 Å². The maximum atomic E-state index is 13.5. The molecule has 1 fully saturated rings. The fourth-order valence-electron chi connectivity index (χ4n) is 1.66. The van der Waals surface area contributed by atoms with E-state index in [0.717, 1.165) is 35.4 Å². The van der Waals surface area contributed by atoms with Crippen LogP contribution in [0.5, 0.6) is 0 Å². The number of halogens is 2. The van der Waals surface area contributed by atoms with Crippen molar-refractivity contribution in [3.63, 3.8) is 0 Å². The summed E-state index contributed by atoms with van der Waals surface area (Å²) in [7, 11) is 0. The lowest BCUT2D eigenvalue weighted by Crippen LogP contribution is -2.35. The molecule has 0 unspecified atom stereocenters. The maximum absolute atomic E-state index is 13.5. The largest absolute Gasteiger partial charge is 0.379 e. The van der Waals surface area contributed by atoms with Gasteiger partial charge in [0.2, 0.25) is 0 Å². The van der Waals surface area contributed by atoms with Crippen LogP contribution in [-0.2, 0) is 11.3 Å². The Hall–Kier alpha value is -0.200. The fourth-order valence-corrected chi connectivity index (χ4v) is 2.22. The van der Waals surface area contributed by atoms with Gasteiger partial charge in [0.25, 0.3) is 0 Å². The van der Waals surface area contributed by atoms with E-state index in [0.29, 0.717) is 6.54 Å². The van der Waals surface area contributed by atoms with Gasteiger partial charge >= 0.3 is 0 Å². The van der Waals surface area contributed by atoms with E-state index in [-0.39, 0.29) is 5.82 Å². The number of benzene rings is 1. The molecular weight excluding hydrogens is 308 g/mol. The second-order valence-electron chi connectivity index (χ2n) is 3.62. The molecule has 1 heterocycles. The first kappa shape index (κ1) is 11.3. The van der Waals surface area contributed by atoms with Crippen LogP contribution >= 0.6 is 22.6 Å². The van der Waals surface area contributed by atoms with Gasteiger partial charge in [-0.3, -0.25) is 4.90 Å². The van der Waals surface area contributed by atoms with Crippen LogP contribution in [0.1, 0.15) is 5.56 Å². The molecule has 2 rings (SSSR count). The van der Waals surface area contributed by atoms with E-state index in [4.69, 9.17) is 4.74 Å². The zero-order valence-corrected chi connectivity index (χ0v) is 10.5. The SMILES string of the molecule is Fc1ccc(I)cc1CN1CCOCC1. The Kier molecular flexibility index (Phi) is 3.93. The second-order valence-corrected chi connectivity index (χ2v) is 4.87. The van der Waals surface area contributed by atoms with Gasteiger partial charge < -0.3 is 4.74 Å². The third-order valence-corrected chi connectivity index (χ3v) is 3.18. The zero-order valence-electron chi connectivity index (χ0n) is 8.38. The number of hydrogen-bond acceptors (Lipinski definition) is 2. The topological polar surface area (TPSA) is 12.5 Å². The number of ether oxygens (including phenoxy) is 1. The highest BCUT2D eigenvalue weighted by atomic mass is 127. The van der Waals surface area contributed by atoms with Crippen LogP contribution in [0, 0.1) is 9.39 Å². The molecule has 0 aliphatic carbocycles. The summed E-state index contributed by atoms with van der Waals surface area (Å²) in [6, 6.07) is 5.24. The molecule has 0 spiro atoms. The first-order chi connectivity index (χ1) is 7.25. The average Bonchev–Trinajstić information content (AvgIpc) is 2.25. The Morgan fingerprint density at radius 2 is 2.07 bits per heavy atom. The van der Waals surface area contributed by atoms with Crippen LogP contribution < -0.4 is 0 Å². The molecule has 1 aliphatic heterocycles. The van der Waals surface area contributed by atoms with E-state index in [1.54, 1.807) is 6.07 Å². The summed E-state index contributed by atoms with van der Waals surface area (Å²) in [5.41, 5.74) is 0.781. The number of morpholine rings is 1. The molecule has 4 heteroatoms. The molecule has 15 heavy (non-hydrogen) atoms. The summed E-state index contributed by atoms with van der Waals surface area (Å²) in [5.74, 6) is -0.109. The number of hydrogen-bond donors (Lipinski definition) is 0. The van der Waals surface area contributed by atoms with Crippen molar-refractivity contribution in [3.05, 3.63) is 33.1 Å². The van der Waals surface area contributed by atoms with Gasteiger partial charge in [0.15, 0.2) is 0 Å². The Labute approximate surface area is 103 Å². The molecule has 82 valence electrons. The highest BCUT2D eigenvalue weighted by molar-refractivity contribution is 14.1. The lowest BCUT2D eigenvalue weighted by Gasteiger charge is -2.26. The van der Waals surface area contributed by atoms with Crippen LogP contribution in [0.3, 0.4) is 0 Å². The van der Waals surface area contributed by atoms with Crippen molar-refractivity contribution < 1.29 is 9.13 Å². The Balaban J connectivity index is 2.05. The maximum Gasteiger partial charge on any atom is 0.127 e. The normalized spacial score (nSPS) is 18.0. The molecule has 0 aromatic heterocycles. The summed E-state index contributed by atoms with van der Waals surface area (Å²) < 4.78 is 19.8. The zero-order chi connectivity index (χ0) is 10.7. The smallest absolute Gasteiger partial charge is 0.127 e. The predicted molar refractivity (Wildman–Crippen MR) is 65.2 cm³/mol. The molecule has 1 aliphatic rings. The summed E-state index contributed by atoms with van der Waals surface area (Å²) >= 11 is 2.21. The molecule has 0 bridgehead atoms. The van der Waals surface area contributed by atoms with Crippen molar-refractivity contribution in [2.24, 2.45) is 0 Å². The van der Waals surface area contributed by atoms with E-state index in [1.807, 2.05) is 6.07 Å². The Bertz CT molecular complexity index is 339. The molecular formula is C11H13FINO. The number of rotatable bonds is 2. The van der Waals surface area contributed by atoms with Gasteiger partial charge in [-0.05, 0) is 40.8 Å². The highest BCUT2D eigenvalue weighted by Gasteiger charge is 2.12. The molecule has 0 atom stereocenters. The number of nitrogens with zero attached hydrogens (tertiary/aromatic N) is 1. The molecule has 0 saturated carbocycles. The quantitative estimate of drug-likeness (QED) is 0.775. The molecule has 1 aromatic carbocycles. The van der Waals surface area contributed by atoms with E-state index in [2.05, 4.69) is 27.5 Å². The van der Waals surface area contributed by atoms with Gasteiger partial charge in [0.05, 0.1) is 13.2 Å². The molecule has 2 nitrogen and oxygen atoms in total. The minimum absolute atomic E-state index is 0.109. The van der Waals surface area contributed by atoms with E-state index in [1.165, 1.54) is 6.07 Å². The minimum atomic E-state index is -0.109. The van der Waals surface area contributed by atoms with Crippen molar-refractivity contribution in [1.29, 1.82) is 0 Å². The van der Waals surface area contributed by atoms with Gasteiger partial charge in [-0.25, -0.2) is 4.39 Å². The lowest BCUT2D eigenvalue weighted by molar-refractivity contribution is 0.0337.